The average Bonchev–Trinajstić information content (AvgIpc) is 2.73. The number of pyridine rings is 1. The number of fused-ring (bicyclic) bond motifs is 1. The number of hydrogen-bond donors (Lipinski definition) is 1. The number of anilines is 1. The van der Waals surface area contributed by atoms with Crippen molar-refractivity contribution < 1.29 is 9.90 Å². The molecule has 0 amide bonds. The molecule has 1 N–H and O–H groups in total. The third kappa shape index (κ3) is 3.35. The van der Waals surface area contributed by atoms with Crippen molar-refractivity contribution >= 4 is 34.7 Å². The number of carboxylic acid groups (broad SMARTS) is 1. The summed E-state index contributed by atoms with van der Waals surface area (Å²) >= 11 is 6.02. The molecule has 10 nitrogen and oxygen atoms in total. The summed E-state index contributed by atoms with van der Waals surface area (Å²) < 4.78 is 2.72. The molecule has 1 saturated heterocycles. The summed E-state index contributed by atoms with van der Waals surface area (Å²) in [5, 5.41) is 9.33. The Bertz CT molecular complexity index is 1210. The summed E-state index contributed by atoms with van der Waals surface area (Å²) in [6.07, 6.45) is 5.15. The van der Waals surface area contributed by atoms with Crippen LogP contribution in [-0.2, 0) is 7.05 Å². The molecule has 11 heteroatoms. The van der Waals surface area contributed by atoms with Crippen molar-refractivity contribution in [1.82, 2.24) is 24.1 Å². The van der Waals surface area contributed by atoms with Crippen LogP contribution in [0.3, 0.4) is 0 Å². The molecule has 0 bridgehead atoms. The van der Waals surface area contributed by atoms with Gasteiger partial charge >= 0.3 is 17.1 Å². The van der Waals surface area contributed by atoms with E-state index in [4.69, 9.17) is 16.7 Å². The smallest absolute Gasteiger partial charge is 0.338 e. The lowest BCUT2D eigenvalue weighted by atomic mass is 10.0. The SMILES string of the molecule is Cn1c(=O)c(=O)n(C2CCN(c3ncc(C(=O)O)cn3)CC2)c2ncc(Cl)cc21. The summed E-state index contributed by atoms with van der Waals surface area (Å²) in [5.74, 6) is -0.653. The van der Waals surface area contributed by atoms with Gasteiger partial charge in [-0.2, -0.15) is 0 Å². The third-order valence-electron chi connectivity index (χ3n) is 5.11. The molecule has 0 atom stereocenters. The monoisotopic (exact) mass is 416 g/mol. The van der Waals surface area contributed by atoms with Crippen LogP contribution < -0.4 is 16.0 Å². The second-order valence-corrected chi connectivity index (χ2v) is 7.27. The molecule has 0 spiro atoms. The Morgan fingerprint density at radius 2 is 1.76 bits per heavy atom. The average molecular weight is 417 g/mol. The van der Waals surface area contributed by atoms with E-state index in [0.29, 0.717) is 48.1 Å². The van der Waals surface area contributed by atoms with Gasteiger partial charge in [-0.15, -0.1) is 0 Å². The molecule has 3 aromatic heterocycles. The molecule has 1 aliphatic rings. The highest BCUT2D eigenvalue weighted by atomic mass is 35.5. The number of piperidine rings is 1. The van der Waals surface area contributed by atoms with Gasteiger partial charge in [0.05, 0.1) is 16.1 Å². The van der Waals surface area contributed by atoms with Crippen molar-refractivity contribution in [3.63, 3.8) is 0 Å². The lowest BCUT2D eigenvalue weighted by Crippen LogP contribution is -2.45. The zero-order valence-electron chi connectivity index (χ0n) is 15.4. The maximum absolute atomic E-state index is 12.7. The molecule has 0 saturated carbocycles. The molecule has 1 fully saturated rings. The number of aryl methyl sites for hydroxylation is 1. The van der Waals surface area contributed by atoms with Gasteiger partial charge in [0, 0.05) is 44.8 Å². The van der Waals surface area contributed by atoms with Crippen LogP contribution >= 0.6 is 11.6 Å². The summed E-state index contributed by atoms with van der Waals surface area (Å²) in [6.45, 7) is 1.10. The lowest BCUT2D eigenvalue weighted by molar-refractivity contribution is 0.0696. The molecule has 4 heterocycles. The van der Waals surface area contributed by atoms with Crippen LogP contribution in [0.15, 0.2) is 34.2 Å². The Hall–Kier alpha value is -3.27. The number of carboxylic acids is 1. The van der Waals surface area contributed by atoms with Gasteiger partial charge in [-0.3, -0.25) is 14.2 Å². The summed E-state index contributed by atoms with van der Waals surface area (Å²) in [6, 6.07) is 1.41. The van der Waals surface area contributed by atoms with E-state index in [1.807, 2.05) is 4.90 Å². The molecule has 0 unspecified atom stereocenters. The van der Waals surface area contributed by atoms with E-state index in [0.717, 1.165) is 0 Å². The first-order valence-corrected chi connectivity index (χ1v) is 9.31. The molecule has 0 aliphatic carbocycles. The number of nitrogens with zero attached hydrogens (tertiary/aromatic N) is 6. The minimum Gasteiger partial charge on any atom is -0.478 e. The number of carbonyl (C=O) groups is 1. The van der Waals surface area contributed by atoms with E-state index >= 15 is 0 Å². The van der Waals surface area contributed by atoms with Gasteiger partial charge in [-0.1, -0.05) is 11.6 Å². The molecular weight excluding hydrogens is 400 g/mol. The maximum Gasteiger partial charge on any atom is 0.338 e. The Labute approximate surface area is 169 Å². The highest BCUT2D eigenvalue weighted by Crippen LogP contribution is 2.26. The molecule has 29 heavy (non-hydrogen) atoms. The van der Waals surface area contributed by atoms with Gasteiger partial charge in [0.1, 0.15) is 0 Å². The summed E-state index contributed by atoms with van der Waals surface area (Å²) in [5.41, 5.74) is -0.308. The van der Waals surface area contributed by atoms with Crippen LogP contribution in [0.4, 0.5) is 5.95 Å². The fraction of sp³-hybridized carbons (Fsp3) is 0.333. The van der Waals surface area contributed by atoms with Crippen molar-refractivity contribution in [2.75, 3.05) is 18.0 Å². The maximum atomic E-state index is 12.7. The first-order valence-electron chi connectivity index (χ1n) is 8.94. The van der Waals surface area contributed by atoms with Gasteiger partial charge in [0.2, 0.25) is 5.95 Å². The predicted molar refractivity (Wildman–Crippen MR) is 106 cm³/mol. The van der Waals surface area contributed by atoms with Crippen LogP contribution in [0.25, 0.3) is 11.2 Å². The molecule has 3 aromatic rings. The number of halogens is 1. The zero-order chi connectivity index (χ0) is 20.7. The quantitative estimate of drug-likeness (QED) is 0.629. The molecule has 150 valence electrons. The molecule has 0 aromatic carbocycles. The van der Waals surface area contributed by atoms with E-state index in [1.165, 1.54) is 34.8 Å². The Morgan fingerprint density at radius 1 is 1.10 bits per heavy atom. The molecule has 1 aliphatic heterocycles. The van der Waals surface area contributed by atoms with Gasteiger partial charge in [-0.25, -0.2) is 19.7 Å². The highest BCUT2D eigenvalue weighted by molar-refractivity contribution is 6.31. The Balaban J connectivity index is 1.63. The predicted octanol–water partition coefficient (Wildman–Crippen LogP) is 1.08. The van der Waals surface area contributed by atoms with Crippen LogP contribution in [0.5, 0.6) is 0 Å². The lowest BCUT2D eigenvalue weighted by Gasteiger charge is -2.33. The fourth-order valence-corrected chi connectivity index (χ4v) is 3.72. The van der Waals surface area contributed by atoms with Crippen LogP contribution in [0.1, 0.15) is 29.2 Å². The molecule has 4 rings (SSSR count). The first-order chi connectivity index (χ1) is 13.9. The van der Waals surface area contributed by atoms with Gasteiger partial charge in [0.15, 0.2) is 5.65 Å². The standard InChI is InChI=1S/C18H17ClN6O4/c1-23-13-6-11(19)9-20-14(13)25(16(27)15(23)26)12-2-4-24(5-3-12)18-21-7-10(8-22-18)17(28)29/h6-9,12H,2-5H2,1H3,(H,28,29). The zero-order valence-corrected chi connectivity index (χ0v) is 16.2. The minimum absolute atomic E-state index is 0.0199. The van der Waals surface area contributed by atoms with Gasteiger partial charge in [-0.05, 0) is 18.9 Å². The van der Waals surface area contributed by atoms with Crippen LogP contribution in [0.2, 0.25) is 5.02 Å². The Kier molecular flexibility index (Phi) is 4.79. The molecule has 0 radical (unpaired) electrons. The van der Waals surface area contributed by atoms with E-state index in [2.05, 4.69) is 15.0 Å². The second-order valence-electron chi connectivity index (χ2n) is 6.83. The van der Waals surface area contributed by atoms with Crippen molar-refractivity contribution in [1.29, 1.82) is 0 Å². The number of aromatic carboxylic acids is 1. The van der Waals surface area contributed by atoms with E-state index in [9.17, 15) is 14.4 Å². The van der Waals surface area contributed by atoms with Crippen molar-refractivity contribution in [2.24, 2.45) is 7.05 Å². The van der Waals surface area contributed by atoms with Crippen LogP contribution in [-0.4, -0.2) is 48.3 Å². The second kappa shape index (κ2) is 7.28. The van der Waals surface area contributed by atoms with E-state index in [-0.39, 0.29) is 11.6 Å². The van der Waals surface area contributed by atoms with E-state index < -0.39 is 17.1 Å². The fourth-order valence-electron chi connectivity index (χ4n) is 3.56. The van der Waals surface area contributed by atoms with Crippen LogP contribution in [0, 0.1) is 0 Å². The van der Waals surface area contributed by atoms with Gasteiger partial charge < -0.3 is 14.6 Å². The van der Waals surface area contributed by atoms with Crippen molar-refractivity contribution in [2.45, 2.75) is 18.9 Å². The Morgan fingerprint density at radius 3 is 2.38 bits per heavy atom. The minimum atomic E-state index is -1.08. The number of hydrogen-bond acceptors (Lipinski definition) is 7. The number of rotatable bonds is 3. The topological polar surface area (TPSA) is 123 Å². The normalized spacial score (nSPS) is 15.0. The number of aromatic nitrogens is 5. The first kappa shape index (κ1) is 19.1. The van der Waals surface area contributed by atoms with Gasteiger partial charge in [0.25, 0.3) is 0 Å². The summed E-state index contributed by atoms with van der Waals surface area (Å²) in [7, 11) is 1.52. The highest BCUT2D eigenvalue weighted by Gasteiger charge is 2.26. The summed E-state index contributed by atoms with van der Waals surface area (Å²) in [4.78, 5) is 50.5. The van der Waals surface area contributed by atoms with Crippen molar-refractivity contribution in [3.05, 3.63) is 56.0 Å². The van der Waals surface area contributed by atoms with Crippen molar-refractivity contribution in [3.8, 4) is 0 Å². The van der Waals surface area contributed by atoms with E-state index in [1.54, 1.807) is 6.07 Å². The largest absolute Gasteiger partial charge is 0.478 e. The molecular formula is C18H17ClN6O4. The third-order valence-corrected chi connectivity index (χ3v) is 5.31.